The van der Waals surface area contributed by atoms with Crippen LogP contribution in [0.3, 0.4) is 0 Å². The molecule has 130 valence electrons. The Morgan fingerprint density at radius 3 is 2.67 bits per heavy atom. The van der Waals surface area contributed by atoms with E-state index in [1.807, 2.05) is 17.0 Å². The van der Waals surface area contributed by atoms with Gasteiger partial charge in [0.15, 0.2) is 0 Å². The van der Waals surface area contributed by atoms with Crippen molar-refractivity contribution in [3.05, 3.63) is 29.8 Å². The third kappa shape index (κ3) is 3.40. The van der Waals surface area contributed by atoms with Gasteiger partial charge < -0.3 is 14.5 Å². The molecule has 1 amide bonds. The second-order valence-corrected chi connectivity index (χ2v) is 6.89. The molecule has 24 heavy (non-hydrogen) atoms. The van der Waals surface area contributed by atoms with Crippen molar-refractivity contribution in [1.82, 2.24) is 4.90 Å². The third-order valence-corrected chi connectivity index (χ3v) is 5.34. The number of para-hydroxylation sites is 1. The quantitative estimate of drug-likeness (QED) is 0.782. The molecule has 1 heterocycles. The van der Waals surface area contributed by atoms with Crippen LogP contribution in [0.2, 0.25) is 0 Å². The van der Waals surface area contributed by atoms with E-state index >= 15 is 0 Å². The number of benzene rings is 1. The minimum Gasteiger partial charge on any atom is -0.469 e. The van der Waals surface area contributed by atoms with Gasteiger partial charge in [-0.05, 0) is 30.9 Å². The van der Waals surface area contributed by atoms with Crippen molar-refractivity contribution in [2.24, 2.45) is 11.8 Å². The van der Waals surface area contributed by atoms with Gasteiger partial charge in [-0.3, -0.25) is 9.59 Å². The number of nitrogens with zero attached hydrogens (tertiary/aromatic N) is 2. The summed E-state index contributed by atoms with van der Waals surface area (Å²) in [7, 11) is 3.50. The Balaban J connectivity index is 1.72. The number of hydrogen-bond acceptors (Lipinski definition) is 4. The van der Waals surface area contributed by atoms with Crippen molar-refractivity contribution in [2.75, 3.05) is 32.1 Å². The SMILES string of the molecule is COC(=O)[C@@H]1CCC[C@H](C(=O)N2CCN(C)c3ccccc3C2)C1. The molecule has 1 aliphatic carbocycles. The number of amides is 1. The molecule has 1 aromatic rings. The first-order valence-electron chi connectivity index (χ1n) is 8.75. The highest BCUT2D eigenvalue weighted by Gasteiger charge is 2.34. The van der Waals surface area contributed by atoms with Gasteiger partial charge in [0, 0.05) is 38.3 Å². The normalized spacial score (nSPS) is 24.1. The lowest BCUT2D eigenvalue weighted by atomic mass is 9.80. The van der Waals surface area contributed by atoms with Gasteiger partial charge in [-0.25, -0.2) is 0 Å². The monoisotopic (exact) mass is 330 g/mol. The molecular formula is C19H26N2O3. The average molecular weight is 330 g/mol. The van der Waals surface area contributed by atoms with E-state index in [-0.39, 0.29) is 23.7 Å². The second kappa shape index (κ2) is 7.24. The van der Waals surface area contributed by atoms with Gasteiger partial charge in [0.1, 0.15) is 0 Å². The smallest absolute Gasteiger partial charge is 0.308 e. The number of hydrogen-bond donors (Lipinski definition) is 0. The van der Waals surface area contributed by atoms with Crippen molar-refractivity contribution in [3.63, 3.8) is 0 Å². The highest BCUT2D eigenvalue weighted by molar-refractivity contribution is 5.81. The van der Waals surface area contributed by atoms with Gasteiger partial charge in [0.05, 0.1) is 13.0 Å². The predicted molar refractivity (Wildman–Crippen MR) is 92.6 cm³/mol. The first kappa shape index (κ1) is 16.8. The van der Waals surface area contributed by atoms with E-state index in [4.69, 9.17) is 4.74 Å². The van der Waals surface area contributed by atoms with Crippen molar-refractivity contribution < 1.29 is 14.3 Å². The molecule has 0 spiro atoms. The van der Waals surface area contributed by atoms with Gasteiger partial charge in [-0.15, -0.1) is 0 Å². The van der Waals surface area contributed by atoms with Crippen molar-refractivity contribution in [2.45, 2.75) is 32.2 Å². The van der Waals surface area contributed by atoms with E-state index in [1.165, 1.54) is 18.4 Å². The molecule has 5 nitrogen and oxygen atoms in total. The van der Waals surface area contributed by atoms with Gasteiger partial charge in [-0.1, -0.05) is 24.6 Å². The van der Waals surface area contributed by atoms with Crippen LogP contribution in [0.5, 0.6) is 0 Å². The Kier molecular flexibility index (Phi) is 5.07. The summed E-state index contributed by atoms with van der Waals surface area (Å²) in [5.74, 6) is -0.166. The van der Waals surface area contributed by atoms with Crippen LogP contribution in [-0.2, 0) is 20.9 Å². The Morgan fingerprint density at radius 1 is 1.12 bits per heavy atom. The first-order valence-corrected chi connectivity index (χ1v) is 8.75. The maximum absolute atomic E-state index is 13.0. The Labute approximate surface area is 143 Å². The van der Waals surface area contributed by atoms with E-state index in [0.29, 0.717) is 13.0 Å². The lowest BCUT2D eigenvalue weighted by Gasteiger charge is -2.31. The van der Waals surface area contributed by atoms with E-state index in [1.54, 1.807) is 0 Å². The molecule has 0 bridgehead atoms. The standard InChI is InChI=1S/C19H26N2O3/c1-20-10-11-21(13-16-6-3-4-9-17(16)20)18(22)14-7-5-8-15(12-14)19(23)24-2/h3-4,6,9,14-15H,5,7-8,10-13H2,1-2H3/t14-,15+/m0/s1. The van der Waals surface area contributed by atoms with Crippen LogP contribution in [0.15, 0.2) is 24.3 Å². The number of anilines is 1. The van der Waals surface area contributed by atoms with Gasteiger partial charge >= 0.3 is 5.97 Å². The molecule has 2 aliphatic rings. The molecule has 1 fully saturated rings. The van der Waals surface area contributed by atoms with Gasteiger partial charge in [0.2, 0.25) is 5.91 Å². The molecule has 0 radical (unpaired) electrons. The molecule has 1 aliphatic heterocycles. The molecule has 1 saturated carbocycles. The Hall–Kier alpha value is -2.04. The van der Waals surface area contributed by atoms with Crippen LogP contribution in [-0.4, -0.2) is 44.0 Å². The van der Waals surface area contributed by atoms with Gasteiger partial charge in [0.25, 0.3) is 0 Å². The average Bonchev–Trinajstić information content (AvgIpc) is 2.80. The number of esters is 1. The molecule has 5 heteroatoms. The van der Waals surface area contributed by atoms with E-state index in [9.17, 15) is 9.59 Å². The fourth-order valence-corrected chi connectivity index (χ4v) is 3.93. The van der Waals surface area contributed by atoms with Crippen LogP contribution >= 0.6 is 0 Å². The summed E-state index contributed by atoms with van der Waals surface area (Å²) < 4.78 is 4.87. The predicted octanol–water partition coefficient (Wildman–Crippen LogP) is 2.44. The fourth-order valence-electron chi connectivity index (χ4n) is 3.93. The van der Waals surface area contributed by atoms with Crippen LogP contribution in [0.4, 0.5) is 5.69 Å². The molecule has 3 rings (SSSR count). The van der Waals surface area contributed by atoms with E-state index < -0.39 is 0 Å². The third-order valence-electron chi connectivity index (χ3n) is 5.34. The number of methoxy groups -OCH3 is 1. The molecule has 0 unspecified atom stereocenters. The topological polar surface area (TPSA) is 49.9 Å². The highest BCUT2D eigenvalue weighted by Crippen LogP contribution is 2.32. The molecule has 2 atom stereocenters. The van der Waals surface area contributed by atoms with E-state index in [0.717, 1.165) is 32.4 Å². The summed E-state index contributed by atoms with van der Waals surface area (Å²) in [5.41, 5.74) is 2.38. The zero-order chi connectivity index (χ0) is 17.1. The van der Waals surface area contributed by atoms with Crippen molar-refractivity contribution in [3.8, 4) is 0 Å². The lowest BCUT2D eigenvalue weighted by molar-refractivity contribution is -0.148. The Bertz CT molecular complexity index is 616. The lowest BCUT2D eigenvalue weighted by Crippen LogP contribution is -2.40. The number of carbonyl (C=O) groups is 2. The molecule has 0 aromatic heterocycles. The fraction of sp³-hybridized carbons (Fsp3) is 0.579. The summed E-state index contributed by atoms with van der Waals surface area (Å²) in [6, 6.07) is 8.26. The maximum Gasteiger partial charge on any atom is 0.308 e. The molecule has 1 aromatic carbocycles. The molecular weight excluding hydrogens is 304 g/mol. The number of rotatable bonds is 2. The van der Waals surface area contributed by atoms with Crippen LogP contribution in [0, 0.1) is 11.8 Å². The Morgan fingerprint density at radius 2 is 1.88 bits per heavy atom. The molecule has 0 saturated heterocycles. The largest absolute Gasteiger partial charge is 0.469 e. The number of fused-ring (bicyclic) bond motifs is 1. The minimum atomic E-state index is -0.173. The number of likely N-dealkylation sites (N-methyl/N-ethyl adjacent to an activating group) is 1. The zero-order valence-corrected chi connectivity index (χ0v) is 14.5. The van der Waals surface area contributed by atoms with Crippen molar-refractivity contribution in [1.29, 1.82) is 0 Å². The summed E-state index contributed by atoms with van der Waals surface area (Å²) in [5, 5.41) is 0. The maximum atomic E-state index is 13.0. The highest BCUT2D eigenvalue weighted by atomic mass is 16.5. The van der Waals surface area contributed by atoms with Gasteiger partial charge in [-0.2, -0.15) is 0 Å². The summed E-state index contributed by atoms with van der Waals surface area (Å²) in [6.45, 7) is 2.21. The minimum absolute atomic E-state index is 0.0570. The first-order chi connectivity index (χ1) is 11.6. The number of ether oxygens (including phenoxy) is 1. The summed E-state index contributed by atoms with van der Waals surface area (Å²) in [6.07, 6.45) is 3.25. The van der Waals surface area contributed by atoms with Crippen molar-refractivity contribution >= 4 is 17.6 Å². The number of carbonyl (C=O) groups excluding carboxylic acids is 2. The molecule has 0 N–H and O–H groups in total. The summed E-state index contributed by atoms with van der Waals surface area (Å²) >= 11 is 0. The van der Waals surface area contributed by atoms with Crippen LogP contribution in [0.25, 0.3) is 0 Å². The second-order valence-electron chi connectivity index (χ2n) is 6.89. The van der Waals surface area contributed by atoms with E-state index in [2.05, 4.69) is 24.1 Å². The summed E-state index contributed by atoms with van der Waals surface area (Å²) in [4.78, 5) is 29.0. The van der Waals surface area contributed by atoms with Crippen LogP contribution < -0.4 is 4.90 Å². The zero-order valence-electron chi connectivity index (χ0n) is 14.5. The van der Waals surface area contributed by atoms with Crippen LogP contribution in [0.1, 0.15) is 31.2 Å².